The lowest BCUT2D eigenvalue weighted by Gasteiger charge is -2.29. The molecule has 142 valence electrons. The fraction of sp³-hybridized carbons (Fsp3) is 0.619. The third-order valence-corrected chi connectivity index (χ3v) is 5.20. The van der Waals surface area contributed by atoms with Crippen LogP contribution in [0.4, 0.5) is 4.79 Å². The van der Waals surface area contributed by atoms with Gasteiger partial charge in [0.05, 0.1) is 0 Å². The number of carbonyl (C=O) groups excluding carboxylic acids is 2. The quantitative estimate of drug-likeness (QED) is 0.898. The highest BCUT2D eigenvalue weighted by Crippen LogP contribution is 2.31. The molecule has 0 saturated carbocycles. The molecule has 2 amide bonds. The van der Waals surface area contributed by atoms with E-state index in [4.69, 9.17) is 4.74 Å². The molecule has 0 spiro atoms. The molecule has 0 unspecified atom stereocenters. The molecule has 1 fully saturated rings. The monoisotopic (exact) mass is 358 g/mol. The minimum atomic E-state index is -0.549. The second-order valence-electron chi connectivity index (χ2n) is 8.36. The van der Waals surface area contributed by atoms with Gasteiger partial charge in [-0.3, -0.25) is 9.69 Å². The van der Waals surface area contributed by atoms with E-state index in [0.717, 1.165) is 25.7 Å². The molecule has 5 heteroatoms. The number of hydrogen-bond donors (Lipinski definition) is 1. The standard InChI is InChI=1S/C21H30N2O3/c1-21(2,3)26-20(25)23-13-7-12-18(23)19(24)22-14-16-10-6-9-15-8-4-5-11-17(15)16/h4-5,8,11,16,18H,6-7,9-10,12-14H2,1-3H3,(H,22,24)/t16-,18+/m0/s1. The van der Waals surface area contributed by atoms with Gasteiger partial charge >= 0.3 is 6.09 Å². The smallest absolute Gasteiger partial charge is 0.410 e. The molecule has 2 atom stereocenters. The topological polar surface area (TPSA) is 58.6 Å². The van der Waals surface area contributed by atoms with Gasteiger partial charge in [0.15, 0.2) is 0 Å². The van der Waals surface area contributed by atoms with Gasteiger partial charge in [-0.15, -0.1) is 0 Å². The summed E-state index contributed by atoms with van der Waals surface area (Å²) in [5, 5.41) is 3.09. The summed E-state index contributed by atoms with van der Waals surface area (Å²) in [6.07, 6.45) is 4.52. The third-order valence-electron chi connectivity index (χ3n) is 5.20. The zero-order chi connectivity index (χ0) is 18.7. The molecule has 3 rings (SSSR count). The molecule has 1 N–H and O–H groups in total. The lowest BCUT2D eigenvalue weighted by Crippen LogP contribution is -2.48. The van der Waals surface area contributed by atoms with Gasteiger partial charge in [0.1, 0.15) is 11.6 Å². The Hall–Kier alpha value is -2.04. The summed E-state index contributed by atoms with van der Waals surface area (Å²) < 4.78 is 5.45. The van der Waals surface area contributed by atoms with Crippen molar-refractivity contribution in [3.05, 3.63) is 35.4 Å². The molecule has 0 radical (unpaired) electrons. The van der Waals surface area contributed by atoms with E-state index in [2.05, 4.69) is 29.6 Å². The van der Waals surface area contributed by atoms with Crippen LogP contribution < -0.4 is 5.32 Å². The van der Waals surface area contributed by atoms with Crippen molar-refractivity contribution in [2.75, 3.05) is 13.1 Å². The molecule has 1 saturated heterocycles. The first kappa shape index (κ1) is 18.7. The lowest BCUT2D eigenvalue weighted by molar-refractivity contribution is -0.125. The number of nitrogens with zero attached hydrogens (tertiary/aromatic N) is 1. The molecule has 5 nitrogen and oxygen atoms in total. The number of rotatable bonds is 3. The van der Waals surface area contributed by atoms with Crippen molar-refractivity contribution in [2.24, 2.45) is 0 Å². The lowest BCUT2D eigenvalue weighted by atomic mass is 9.83. The summed E-state index contributed by atoms with van der Waals surface area (Å²) >= 11 is 0. The number of ether oxygens (including phenoxy) is 1. The normalized spacial score (nSPS) is 22.7. The number of likely N-dealkylation sites (tertiary alicyclic amines) is 1. The van der Waals surface area contributed by atoms with Crippen molar-refractivity contribution in [1.29, 1.82) is 0 Å². The van der Waals surface area contributed by atoms with Crippen molar-refractivity contribution in [3.63, 3.8) is 0 Å². The van der Waals surface area contributed by atoms with E-state index in [1.54, 1.807) is 4.90 Å². The highest BCUT2D eigenvalue weighted by atomic mass is 16.6. The van der Waals surface area contributed by atoms with Gasteiger partial charge in [-0.1, -0.05) is 24.3 Å². The van der Waals surface area contributed by atoms with E-state index in [9.17, 15) is 9.59 Å². The summed E-state index contributed by atoms with van der Waals surface area (Å²) in [7, 11) is 0. The average molecular weight is 358 g/mol. The molecule has 26 heavy (non-hydrogen) atoms. The Morgan fingerprint density at radius 1 is 1.19 bits per heavy atom. The highest BCUT2D eigenvalue weighted by molar-refractivity contribution is 5.86. The van der Waals surface area contributed by atoms with Crippen molar-refractivity contribution < 1.29 is 14.3 Å². The molecule has 2 aliphatic rings. The first-order chi connectivity index (χ1) is 12.3. The zero-order valence-corrected chi connectivity index (χ0v) is 16.1. The fourth-order valence-corrected chi connectivity index (χ4v) is 3.99. The minimum Gasteiger partial charge on any atom is -0.444 e. The Labute approximate surface area is 156 Å². The van der Waals surface area contributed by atoms with Crippen molar-refractivity contribution >= 4 is 12.0 Å². The summed E-state index contributed by atoms with van der Waals surface area (Å²) in [5.41, 5.74) is 2.20. The molecule has 1 aromatic carbocycles. The number of fused-ring (bicyclic) bond motifs is 1. The Morgan fingerprint density at radius 3 is 2.73 bits per heavy atom. The van der Waals surface area contributed by atoms with Crippen LogP contribution in [-0.2, 0) is 16.0 Å². The SMILES string of the molecule is CC(C)(C)OC(=O)N1CCC[C@@H]1C(=O)NC[C@@H]1CCCc2ccccc21. The van der Waals surface area contributed by atoms with E-state index in [1.807, 2.05) is 20.8 Å². The van der Waals surface area contributed by atoms with E-state index >= 15 is 0 Å². The van der Waals surface area contributed by atoms with E-state index < -0.39 is 17.7 Å². The number of aryl methyl sites for hydroxylation is 1. The van der Waals surface area contributed by atoms with Gasteiger partial charge in [0, 0.05) is 19.0 Å². The molecule has 1 heterocycles. The van der Waals surface area contributed by atoms with Gasteiger partial charge in [0.2, 0.25) is 5.91 Å². The van der Waals surface area contributed by atoms with Gasteiger partial charge in [0.25, 0.3) is 0 Å². The highest BCUT2D eigenvalue weighted by Gasteiger charge is 2.36. The van der Waals surface area contributed by atoms with Crippen molar-refractivity contribution in [3.8, 4) is 0 Å². The van der Waals surface area contributed by atoms with Crippen LogP contribution in [0.2, 0.25) is 0 Å². The maximum absolute atomic E-state index is 12.7. The van der Waals surface area contributed by atoms with Crippen LogP contribution in [0.25, 0.3) is 0 Å². The van der Waals surface area contributed by atoms with E-state index in [-0.39, 0.29) is 5.91 Å². The Balaban J connectivity index is 1.59. The zero-order valence-electron chi connectivity index (χ0n) is 16.1. The van der Waals surface area contributed by atoms with E-state index in [0.29, 0.717) is 25.4 Å². The maximum Gasteiger partial charge on any atom is 0.410 e. The van der Waals surface area contributed by atoms with Crippen molar-refractivity contribution in [2.45, 2.75) is 70.4 Å². The molecular weight excluding hydrogens is 328 g/mol. The predicted octanol–water partition coefficient (Wildman–Crippen LogP) is 3.62. The summed E-state index contributed by atoms with van der Waals surface area (Å²) in [6.45, 7) is 6.75. The average Bonchev–Trinajstić information content (AvgIpc) is 3.08. The third kappa shape index (κ3) is 4.37. The molecule has 1 aliphatic heterocycles. The van der Waals surface area contributed by atoms with Crippen LogP contribution in [0.1, 0.15) is 63.5 Å². The van der Waals surface area contributed by atoms with Crippen LogP contribution in [0, 0.1) is 0 Å². The second kappa shape index (κ2) is 7.68. The number of nitrogens with one attached hydrogen (secondary N) is 1. The molecule has 0 aromatic heterocycles. The minimum absolute atomic E-state index is 0.0589. The summed E-state index contributed by atoms with van der Waals surface area (Å²) in [5.74, 6) is 0.302. The van der Waals surface area contributed by atoms with Gasteiger partial charge in [-0.05, 0) is 64.0 Å². The number of amides is 2. The largest absolute Gasteiger partial charge is 0.444 e. The van der Waals surface area contributed by atoms with Crippen molar-refractivity contribution in [1.82, 2.24) is 10.2 Å². The Bertz CT molecular complexity index is 665. The van der Waals surface area contributed by atoms with E-state index in [1.165, 1.54) is 11.1 Å². The summed E-state index contributed by atoms with van der Waals surface area (Å²) in [4.78, 5) is 26.7. The molecule has 0 bridgehead atoms. The second-order valence-corrected chi connectivity index (χ2v) is 8.36. The maximum atomic E-state index is 12.7. The van der Waals surface area contributed by atoms with Crippen LogP contribution >= 0.6 is 0 Å². The van der Waals surface area contributed by atoms with Crippen LogP contribution in [0.5, 0.6) is 0 Å². The fourth-order valence-electron chi connectivity index (χ4n) is 3.99. The number of benzene rings is 1. The van der Waals surface area contributed by atoms with Gasteiger partial charge in [-0.25, -0.2) is 4.79 Å². The number of hydrogen-bond acceptors (Lipinski definition) is 3. The predicted molar refractivity (Wildman–Crippen MR) is 101 cm³/mol. The van der Waals surface area contributed by atoms with Gasteiger partial charge < -0.3 is 10.1 Å². The molecule has 1 aromatic rings. The van der Waals surface area contributed by atoms with Crippen LogP contribution in [0.15, 0.2) is 24.3 Å². The first-order valence-corrected chi connectivity index (χ1v) is 9.70. The first-order valence-electron chi connectivity index (χ1n) is 9.70. The summed E-state index contributed by atoms with van der Waals surface area (Å²) in [6, 6.07) is 8.10. The van der Waals surface area contributed by atoms with Gasteiger partial charge in [-0.2, -0.15) is 0 Å². The van der Waals surface area contributed by atoms with Crippen LogP contribution in [-0.4, -0.2) is 41.6 Å². The Kier molecular flexibility index (Phi) is 5.54. The Morgan fingerprint density at radius 2 is 1.96 bits per heavy atom. The number of carbonyl (C=O) groups is 2. The molecule has 1 aliphatic carbocycles. The van der Waals surface area contributed by atoms with Crippen LogP contribution in [0.3, 0.4) is 0 Å². The molecular formula is C21H30N2O3.